The molecule has 1 heterocycles. The summed E-state index contributed by atoms with van der Waals surface area (Å²) in [5.41, 5.74) is 0.882. The van der Waals surface area contributed by atoms with Crippen molar-refractivity contribution in [3.8, 4) is 11.5 Å². The van der Waals surface area contributed by atoms with E-state index < -0.39 is 12.1 Å². The summed E-state index contributed by atoms with van der Waals surface area (Å²) in [6.07, 6.45) is -0.744. The van der Waals surface area contributed by atoms with Gasteiger partial charge in [0.2, 0.25) is 0 Å². The van der Waals surface area contributed by atoms with Crippen LogP contribution in [0.2, 0.25) is 0 Å². The normalized spacial score (nSPS) is 14.9. The third-order valence-electron chi connectivity index (χ3n) is 2.64. The monoisotopic (exact) mass is 253 g/mol. The maximum absolute atomic E-state index is 10.5. The number of carboxylic acid groups (broad SMARTS) is 1. The van der Waals surface area contributed by atoms with E-state index in [-0.39, 0.29) is 6.61 Å². The lowest BCUT2D eigenvalue weighted by atomic mass is 10.1. The van der Waals surface area contributed by atoms with Crippen molar-refractivity contribution < 1.29 is 24.5 Å². The van der Waals surface area contributed by atoms with Crippen molar-refractivity contribution in [2.24, 2.45) is 0 Å². The molecule has 1 amide bonds. The van der Waals surface area contributed by atoms with Gasteiger partial charge in [-0.1, -0.05) is 6.07 Å². The number of hydrogen-bond donors (Lipinski definition) is 3. The van der Waals surface area contributed by atoms with Crippen LogP contribution in [-0.2, 0) is 6.42 Å². The molecule has 0 fully saturated rings. The fraction of sp³-hybridized carbons (Fsp3) is 0.417. The van der Waals surface area contributed by atoms with Crippen molar-refractivity contribution in [2.45, 2.75) is 12.5 Å². The van der Waals surface area contributed by atoms with E-state index in [1.54, 1.807) is 12.1 Å². The highest BCUT2D eigenvalue weighted by atomic mass is 16.6. The van der Waals surface area contributed by atoms with Crippen molar-refractivity contribution in [1.82, 2.24) is 5.32 Å². The number of carbonyl (C=O) groups is 1. The molecule has 0 bridgehead atoms. The molecule has 18 heavy (non-hydrogen) atoms. The van der Waals surface area contributed by atoms with Gasteiger partial charge in [0, 0.05) is 0 Å². The molecule has 0 saturated carbocycles. The van der Waals surface area contributed by atoms with Crippen molar-refractivity contribution in [3.63, 3.8) is 0 Å². The Morgan fingerprint density at radius 3 is 2.72 bits per heavy atom. The topological polar surface area (TPSA) is 88.0 Å². The Hall–Kier alpha value is -1.95. The standard InChI is InChI=1S/C12H15NO5/c14-7-9(13-12(15)16)5-8-1-2-10-11(6-8)18-4-3-17-10/h1-2,6,9,13-14H,3-5,7H2,(H,15,16). The average Bonchev–Trinajstić information content (AvgIpc) is 2.37. The van der Waals surface area contributed by atoms with Crippen molar-refractivity contribution in [2.75, 3.05) is 19.8 Å². The van der Waals surface area contributed by atoms with E-state index in [0.717, 1.165) is 5.56 Å². The van der Waals surface area contributed by atoms with Crippen LogP contribution in [0.4, 0.5) is 4.79 Å². The van der Waals surface area contributed by atoms with Gasteiger partial charge in [-0.2, -0.15) is 0 Å². The van der Waals surface area contributed by atoms with Gasteiger partial charge in [0.1, 0.15) is 13.2 Å². The maximum atomic E-state index is 10.5. The zero-order chi connectivity index (χ0) is 13.0. The minimum Gasteiger partial charge on any atom is -0.486 e. The molecule has 0 aliphatic carbocycles. The lowest BCUT2D eigenvalue weighted by molar-refractivity contribution is 0.170. The number of benzene rings is 1. The third-order valence-corrected chi connectivity index (χ3v) is 2.64. The van der Waals surface area contributed by atoms with E-state index in [4.69, 9.17) is 19.7 Å². The predicted octanol–water partition coefficient (Wildman–Crippen LogP) is 0.629. The van der Waals surface area contributed by atoms with E-state index in [9.17, 15) is 4.79 Å². The van der Waals surface area contributed by atoms with Gasteiger partial charge in [-0.3, -0.25) is 0 Å². The summed E-state index contributed by atoms with van der Waals surface area (Å²) < 4.78 is 10.8. The Balaban J connectivity index is 2.06. The number of hydrogen-bond acceptors (Lipinski definition) is 4. The summed E-state index contributed by atoms with van der Waals surface area (Å²) in [7, 11) is 0. The highest BCUT2D eigenvalue weighted by Crippen LogP contribution is 2.31. The second-order valence-corrected chi connectivity index (χ2v) is 4.01. The van der Waals surface area contributed by atoms with Crippen LogP contribution in [0, 0.1) is 0 Å². The van der Waals surface area contributed by atoms with Crippen molar-refractivity contribution in [3.05, 3.63) is 23.8 Å². The van der Waals surface area contributed by atoms with Crippen LogP contribution in [0.1, 0.15) is 5.56 Å². The first-order valence-electron chi connectivity index (χ1n) is 5.68. The Morgan fingerprint density at radius 2 is 2.06 bits per heavy atom. The second-order valence-electron chi connectivity index (χ2n) is 4.01. The molecule has 0 spiro atoms. The number of fused-ring (bicyclic) bond motifs is 1. The number of amides is 1. The van der Waals surface area contributed by atoms with E-state index >= 15 is 0 Å². The van der Waals surface area contributed by atoms with Crippen LogP contribution in [0.15, 0.2) is 18.2 Å². The zero-order valence-electron chi connectivity index (χ0n) is 9.76. The second kappa shape index (κ2) is 5.59. The van der Waals surface area contributed by atoms with Gasteiger partial charge in [0.15, 0.2) is 11.5 Å². The summed E-state index contributed by atoms with van der Waals surface area (Å²) >= 11 is 0. The lowest BCUT2D eigenvalue weighted by Gasteiger charge is -2.20. The molecule has 1 unspecified atom stereocenters. The zero-order valence-corrected chi connectivity index (χ0v) is 9.76. The molecule has 1 aromatic carbocycles. The first-order chi connectivity index (χ1) is 8.69. The van der Waals surface area contributed by atoms with Crippen LogP contribution in [0.3, 0.4) is 0 Å². The highest BCUT2D eigenvalue weighted by molar-refractivity contribution is 5.64. The summed E-state index contributed by atoms with van der Waals surface area (Å²) in [4.78, 5) is 10.5. The summed E-state index contributed by atoms with van der Waals surface area (Å²) in [5.74, 6) is 1.35. The van der Waals surface area contributed by atoms with Gasteiger partial charge in [0.05, 0.1) is 12.6 Å². The minimum atomic E-state index is -1.15. The number of aliphatic hydroxyl groups is 1. The Morgan fingerprint density at radius 1 is 1.33 bits per heavy atom. The van der Waals surface area contributed by atoms with Crippen LogP contribution < -0.4 is 14.8 Å². The predicted molar refractivity (Wildman–Crippen MR) is 63.2 cm³/mol. The molecule has 1 atom stereocenters. The molecule has 0 aromatic heterocycles. The van der Waals surface area contributed by atoms with Crippen molar-refractivity contribution in [1.29, 1.82) is 0 Å². The van der Waals surface area contributed by atoms with Crippen LogP contribution in [0.25, 0.3) is 0 Å². The number of aliphatic hydroxyl groups excluding tert-OH is 1. The molecule has 98 valence electrons. The maximum Gasteiger partial charge on any atom is 0.404 e. The molecule has 6 heteroatoms. The largest absolute Gasteiger partial charge is 0.486 e. The molecule has 3 N–H and O–H groups in total. The molecule has 2 rings (SSSR count). The molecule has 0 saturated heterocycles. The molecular weight excluding hydrogens is 238 g/mol. The SMILES string of the molecule is O=C(O)NC(CO)Cc1ccc2c(c1)OCCO2. The van der Waals surface area contributed by atoms with Crippen LogP contribution >= 0.6 is 0 Å². The van der Waals surface area contributed by atoms with E-state index in [1.807, 2.05) is 6.07 Å². The third kappa shape index (κ3) is 3.04. The number of rotatable bonds is 4. The first kappa shape index (κ1) is 12.5. The first-order valence-corrected chi connectivity index (χ1v) is 5.68. The van der Waals surface area contributed by atoms with Crippen molar-refractivity contribution >= 4 is 6.09 Å². The number of nitrogens with one attached hydrogen (secondary N) is 1. The van der Waals surface area contributed by atoms with Gasteiger partial charge in [-0.05, 0) is 24.1 Å². The fourth-order valence-electron chi connectivity index (χ4n) is 1.84. The smallest absolute Gasteiger partial charge is 0.404 e. The molecule has 1 aliphatic heterocycles. The van der Waals surface area contributed by atoms with Gasteiger partial charge in [-0.25, -0.2) is 4.79 Å². The van der Waals surface area contributed by atoms with E-state index in [2.05, 4.69) is 5.32 Å². The lowest BCUT2D eigenvalue weighted by Crippen LogP contribution is -2.38. The average molecular weight is 253 g/mol. The molecule has 6 nitrogen and oxygen atoms in total. The summed E-state index contributed by atoms with van der Waals surface area (Å²) in [6.45, 7) is 0.792. The quantitative estimate of drug-likeness (QED) is 0.732. The summed E-state index contributed by atoms with van der Waals surface area (Å²) in [6, 6.07) is 4.91. The minimum absolute atomic E-state index is 0.249. The fourth-order valence-corrected chi connectivity index (χ4v) is 1.84. The molecule has 0 radical (unpaired) electrons. The Bertz CT molecular complexity index is 434. The molecule has 1 aliphatic rings. The molecular formula is C12H15NO5. The Labute approximate surface area is 104 Å². The van der Waals surface area contributed by atoms with E-state index in [1.165, 1.54) is 0 Å². The van der Waals surface area contributed by atoms with Gasteiger partial charge in [-0.15, -0.1) is 0 Å². The van der Waals surface area contributed by atoms with Crippen LogP contribution in [-0.4, -0.2) is 42.2 Å². The molecule has 1 aromatic rings. The van der Waals surface area contributed by atoms with Gasteiger partial charge < -0.3 is 25.0 Å². The number of ether oxygens (including phenoxy) is 2. The summed E-state index contributed by atoms with van der Waals surface area (Å²) in [5, 5.41) is 20.0. The van der Waals surface area contributed by atoms with Gasteiger partial charge in [0.25, 0.3) is 0 Å². The van der Waals surface area contributed by atoms with Crippen LogP contribution in [0.5, 0.6) is 11.5 Å². The van der Waals surface area contributed by atoms with Gasteiger partial charge >= 0.3 is 6.09 Å². The Kier molecular flexibility index (Phi) is 3.88. The highest BCUT2D eigenvalue weighted by Gasteiger charge is 2.15. The van der Waals surface area contributed by atoms with E-state index in [0.29, 0.717) is 31.1 Å².